The van der Waals surface area contributed by atoms with E-state index in [4.69, 9.17) is 16.2 Å². The highest BCUT2D eigenvalue weighted by molar-refractivity contribution is 5.82. The number of benzene rings is 1. The SMILES string of the molecule is CCN(CC(N)=O)c1cc(OC)c(F)cc1N. The fourth-order valence-electron chi connectivity index (χ4n) is 1.54. The summed E-state index contributed by atoms with van der Waals surface area (Å²) >= 11 is 0. The molecule has 1 aromatic rings. The summed E-state index contributed by atoms with van der Waals surface area (Å²) in [7, 11) is 1.36. The quantitative estimate of drug-likeness (QED) is 0.744. The van der Waals surface area contributed by atoms with Gasteiger partial charge in [-0.1, -0.05) is 0 Å². The summed E-state index contributed by atoms with van der Waals surface area (Å²) in [6, 6.07) is 2.62. The minimum Gasteiger partial charge on any atom is -0.494 e. The number of rotatable bonds is 5. The maximum atomic E-state index is 13.3. The van der Waals surface area contributed by atoms with Crippen LogP contribution in [0.5, 0.6) is 5.75 Å². The predicted octanol–water partition coefficient (Wildman–Crippen LogP) is 0.728. The van der Waals surface area contributed by atoms with Gasteiger partial charge in [-0.05, 0) is 6.92 Å². The van der Waals surface area contributed by atoms with Gasteiger partial charge in [0, 0.05) is 18.7 Å². The number of primary amides is 1. The number of nitrogen functional groups attached to an aromatic ring is 1. The zero-order valence-electron chi connectivity index (χ0n) is 9.87. The van der Waals surface area contributed by atoms with Crippen LogP contribution in [0.2, 0.25) is 0 Å². The van der Waals surface area contributed by atoms with E-state index in [0.29, 0.717) is 12.2 Å². The molecule has 0 bridgehead atoms. The molecule has 0 unspecified atom stereocenters. The Morgan fingerprint density at radius 3 is 2.65 bits per heavy atom. The lowest BCUT2D eigenvalue weighted by Gasteiger charge is -2.23. The summed E-state index contributed by atoms with van der Waals surface area (Å²) in [4.78, 5) is 12.6. The van der Waals surface area contributed by atoms with Crippen molar-refractivity contribution < 1.29 is 13.9 Å². The van der Waals surface area contributed by atoms with E-state index in [1.807, 2.05) is 6.92 Å². The number of methoxy groups -OCH3 is 1. The zero-order chi connectivity index (χ0) is 13.0. The molecule has 0 saturated heterocycles. The minimum atomic E-state index is -0.538. The predicted molar refractivity (Wildman–Crippen MR) is 64.4 cm³/mol. The Morgan fingerprint density at radius 2 is 2.18 bits per heavy atom. The van der Waals surface area contributed by atoms with Crippen molar-refractivity contribution in [2.45, 2.75) is 6.92 Å². The standard InChI is InChI=1S/C11H16FN3O2/c1-3-15(6-11(14)16)9-5-10(17-2)7(12)4-8(9)13/h4-5H,3,6,13H2,1-2H3,(H2,14,16). The Kier molecular flexibility index (Phi) is 4.14. The molecule has 17 heavy (non-hydrogen) atoms. The smallest absolute Gasteiger partial charge is 0.236 e. The van der Waals surface area contributed by atoms with Gasteiger partial charge in [0.15, 0.2) is 11.6 Å². The Labute approximate surface area is 99.1 Å². The number of hydrogen-bond acceptors (Lipinski definition) is 4. The molecule has 0 aromatic heterocycles. The number of carbonyl (C=O) groups is 1. The van der Waals surface area contributed by atoms with Gasteiger partial charge in [-0.15, -0.1) is 0 Å². The van der Waals surface area contributed by atoms with E-state index in [1.165, 1.54) is 13.2 Å². The molecule has 0 aliphatic carbocycles. The van der Waals surface area contributed by atoms with E-state index in [9.17, 15) is 9.18 Å². The first-order chi connectivity index (χ1) is 7.99. The normalized spacial score (nSPS) is 10.1. The van der Waals surface area contributed by atoms with Crippen LogP contribution >= 0.6 is 0 Å². The number of carbonyl (C=O) groups excluding carboxylic acids is 1. The van der Waals surface area contributed by atoms with Crippen molar-refractivity contribution in [3.05, 3.63) is 17.9 Å². The van der Waals surface area contributed by atoms with Crippen LogP contribution in [0.25, 0.3) is 0 Å². The first-order valence-electron chi connectivity index (χ1n) is 5.15. The van der Waals surface area contributed by atoms with Gasteiger partial charge in [0.2, 0.25) is 5.91 Å². The molecule has 4 N–H and O–H groups in total. The summed E-state index contributed by atoms with van der Waals surface area (Å²) in [6.07, 6.45) is 0. The molecule has 5 nitrogen and oxygen atoms in total. The number of anilines is 2. The monoisotopic (exact) mass is 241 g/mol. The third kappa shape index (κ3) is 2.99. The largest absolute Gasteiger partial charge is 0.494 e. The molecule has 0 spiro atoms. The van der Waals surface area contributed by atoms with Crippen LogP contribution in [-0.2, 0) is 4.79 Å². The number of amides is 1. The molecule has 0 heterocycles. The molecule has 0 aliphatic heterocycles. The van der Waals surface area contributed by atoms with Crippen LogP contribution in [0.15, 0.2) is 12.1 Å². The third-order valence-corrected chi connectivity index (χ3v) is 2.37. The van der Waals surface area contributed by atoms with Crippen LogP contribution in [0.3, 0.4) is 0 Å². The van der Waals surface area contributed by atoms with Crippen molar-refractivity contribution in [2.75, 3.05) is 30.8 Å². The Bertz CT molecular complexity index is 423. The molecule has 1 aromatic carbocycles. The van der Waals surface area contributed by atoms with Gasteiger partial charge in [0.1, 0.15) is 0 Å². The van der Waals surface area contributed by atoms with Crippen LogP contribution < -0.4 is 21.1 Å². The van der Waals surface area contributed by atoms with Gasteiger partial charge in [0.25, 0.3) is 0 Å². The second kappa shape index (κ2) is 5.38. The van der Waals surface area contributed by atoms with Gasteiger partial charge in [0.05, 0.1) is 25.0 Å². The van der Waals surface area contributed by atoms with Gasteiger partial charge >= 0.3 is 0 Å². The number of likely N-dealkylation sites (N-methyl/N-ethyl adjacent to an activating group) is 1. The summed E-state index contributed by atoms with van der Waals surface area (Å²) < 4.78 is 18.2. The molecule has 0 saturated carbocycles. The summed E-state index contributed by atoms with van der Waals surface area (Å²) in [5.41, 5.74) is 11.6. The second-order valence-electron chi connectivity index (χ2n) is 3.53. The van der Waals surface area contributed by atoms with Gasteiger partial charge in [-0.3, -0.25) is 4.79 Å². The molecule has 6 heteroatoms. The van der Waals surface area contributed by atoms with Crippen molar-refractivity contribution in [1.82, 2.24) is 0 Å². The first kappa shape index (κ1) is 13.1. The fraction of sp³-hybridized carbons (Fsp3) is 0.364. The molecular formula is C11H16FN3O2. The topological polar surface area (TPSA) is 81.6 Å². The van der Waals surface area contributed by atoms with Crippen LogP contribution in [-0.4, -0.2) is 26.1 Å². The van der Waals surface area contributed by atoms with Crippen molar-refractivity contribution in [3.8, 4) is 5.75 Å². The highest BCUT2D eigenvalue weighted by Crippen LogP contribution is 2.30. The van der Waals surface area contributed by atoms with Crippen LogP contribution in [0, 0.1) is 5.82 Å². The zero-order valence-corrected chi connectivity index (χ0v) is 9.87. The van der Waals surface area contributed by atoms with Crippen LogP contribution in [0.1, 0.15) is 6.92 Å². The number of nitrogens with zero attached hydrogens (tertiary/aromatic N) is 1. The molecule has 0 fully saturated rings. The molecule has 0 atom stereocenters. The highest BCUT2D eigenvalue weighted by atomic mass is 19.1. The summed E-state index contributed by atoms with van der Waals surface area (Å²) in [5, 5.41) is 0. The Morgan fingerprint density at radius 1 is 1.53 bits per heavy atom. The molecule has 94 valence electrons. The number of hydrogen-bond donors (Lipinski definition) is 2. The van der Waals surface area contributed by atoms with Crippen molar-refractivity contribution >= 4 is 17.3 Å². The van der Waals surface area contributed by atoms with E-state index >= 15 is 0 Å². The first-order valence-corrected chi connectivity index (χ1v) is 5.15. The third-order valence-electron chi connectivity index (χ3n) is 2.37. The van der Waals surface area contributed by atoms with Crippen molar-refractivity contribution in [1.29, 1.82) is 0 Å². The van der Waals surface area contributed by atoms with Gasteiger partial charge < -0.3 is 21.1 Å². The maximum absolute atomic E-state index is 13.3. The number of halogens is 1. The average molecular weight is 241 g/mol. The second-order valence-corrected chi connectivity index (χ2v) is 3.53. The summed E-state index contributed by atoms with van der Waals surface area (Å²) in [5.74, 6) is -0.935. The molecule has 1 rings (SSSR count). The van der Waals surface area contributed by atoms with Gasteiger partial charge in [-0.25, -0.2) is 4.39 Å². The van der Waals surface area contributed by atoms with Crippen LogP contribution in [0.4, 0.5) is 15.8 Å². The van der Waals surface area contributed by atoms with E-state index in [-0.39, 0.29) is 18.0 Å². The molecular weight excluding hydrogens is 225 g/mol. The van der Waals surface area contributed by atoms with Crippen molar-refractivity contribution in [2.24, 2.45) is 5.73 Å². The Hall–Kier alpha value is -1.98. The molecule has 1 amide bonds. The lowest BCUT2D eigenvalue weighted by Crippen LogP contribution is -2.34. The lowest BCUT2D eigenvalue weighted by atomic mass is 10.2. The van der Waals surface area contributed by atoms with Crippen molar-refractivity contribution in [3.63, 3.8) is 0 Å². The molecule has 0 aliphatic rings. The van der Waals surface area contributed by atoms with Gasteiger partial charge in [-0.2, -0.15) is 0 Å². The maximum Gasteiger partial charge on any atom is 0.236 e. The van der Waals surface area contributed by atoms with E-state index < -0.39 is 11.7 Å². The highest BCUT2D eigenvalue weighted by Gasteiger charge is 2.14. The fourth-order valence-corrected chi connectivity index (χ4v) is 1.54. The number of ether oxygens (including phenoxy) is 1. The Balaban J connectivity index is 3.14. The lowest BCUT2D eigenvalue weighted by molar-refractivity contribution is -0.116. The van der Waals surface area contributed by atoms with E-state index in [1.54, 1.807) is 4.90 Å². The number of nitrogens with two attached hydrogens (primary N) is 2. The summed E-state index contributed by atoms with van der Waals surface area (Å²) in [6.45, 7) is 2.40. The van der Waals surface area contributed by atoms with E-state index in [2.05, 4.69) is 0 Å². The van der Waals surface area contributed by atoms with E-state index in [0.717, 1.165) is 6.07 Å². The minimum absolute atomic E-state index is 0.0233. The average Bonchev–Trinajstić information content (AvgIpc) is 2.26. The molecule has 0 radical (unpaired) electrons.